The Morgan fingerprint density at radius 1 is 1.27 bits per heavy atom. The van der Waals surface area contributed by atoms with Crippen molar-refractivity contribution in [3.8, 4) is 11.3 Å². The number of methoxy groups -OCH3 is 1. The Labute approximate surface area is 170 Å². The number of rotatable bonds is 4. The van der Waals surface area contributed by atoms with Crippen LogP contribution < -0.4 is 0 Å². The number of aryl methyl sites for hydroxylation is 1. The van der Waals surface area contributed by atoms with Gasteiger partial charge < -0.3 is 18.8 Å². The first-order valence-corrected chi connectivity index (χ1v) is 9.30. The van der Waals surface area contributed by atoms with Crippen molar-refractivity contribution in [2.75, 3.05) is 26.9 Å². The third kappa shape index (κ3) is 3.52. The number of hydrogen-bond acceptors (Lipinski definition) is 5. The van der Waals surface area contributed by atoms with Crippen molar-refractivity contribution < 1.29 is 27.8 Å². The van der Waals surface area contributed by atoms with E-state index in [0.717, 1.165) is 24.8 Å². The van der Waals surface area contributed by atoms with Gasteiger partial charge in [-0.1, -0.05) is 0 Å². The minimum Gasteiger partial charge on any atom is -0.465 e. The van der Waals surface area contributed by atoms with Gasteiger partial charge in [0.2, 0.25) is 5.91 Å². The van der Waals surface area contributed by atoms with E-state index in [-0.39, 0.29) is 35.9 Å². The Morgan fingerprint density at radius 2 is 2.00 bits per heavy atom. The topological polar surface area (TPSA) is 73.1 Å². The van der Waals surface area contributed by atoms with Crippen LogP contribution in [0.1, 0.15) is 21.6 Å². The first-order chi connectivity index (χ1) is 14.4. The van der Waals surface area contributed by atoms with Crippen LogP contribution in [0.15, 0.2) is 30.5 Å². The van der Waals surface area contributed by atoms with Gasteiger partial charge in [-0.25, -0.2) is 18.6 Å². The van der Waals surface area contributed by atoms with Crippen LogP contribution in [-0.2, 0) is 20.8 Å². The van der Waals surface area contributed by atoms with Crippen LogP contribution in [0, 0.1) is 18.6 Å². The van der Waals surface area contributed by atoms with Gasteiger partial charge in [0.1, 0.15) is 29.6 Å². The van der Waals surface area contributed by atoms with E-state index >= 15 is 0 Å². The summed E-state index contributed by atoms with van der Waals surface area (Å²) < 4.78 is 41.3. The highest BCUT2D eigenvalue weighted by Gasteiger charge is 2.26. The van der Waals surface area contributed by atoms with Gasteiger partial charge in [-0.2, -0.15) is 0 Å². The molecular weight excluding hydrogens is 396 g/mol. The fourth-order valence-corrected chi connectivity index (χ4v) is 3.48. The molecule has 9 heteroatoms. The standard InChI is InChI=1S/C21H19F2N3O4/c1-12-3-4-26-16(10-25-5-6-30-11-18(25)27)20(24-17(26)7-12)19-14(22)8-13(9-15(19)23)21(28)29-2/h3-4,7-9H,5-6,10-11H2,1-2H3. The van der Waals surface area contributed by atoms with E-state index in [1.54, 1.807) is 21.6 Å². The lowest BCUT2D eigenvalue weighted by Crippen LogP contribution is -2.41. The molecule has 0 bridgehead atoms. The van der Waals surface area contributed by atoms with Crippen LogP contribution in [0.5, 0.6) is 0 Å². The number of benzene rings is 1. The zero-order valence-electron chi connectivity index (χ0n) is 16.4. The predicted octanol–water partition coefficient (Wildman–Crippen LogP) is 2.73. The van der Waals surface area contributed by atoms with E-state index < -0.39 is 17.6 Å². The monoisotopic (exact) mass is 415 g/mol. The zero-order chi connectivity index (χ0) is 21.4. The maximum atomic E-state index is 14.9. The second-order valence-electron chi connectivity index (χ2n) is 7.01. The Hall–Kier alpha value is -3.33. The van der Waals surface area contributed by atoms with Gasteiger partial charge in [0.05, 0.1) is 37.1 Å². The molecule has 3 heterocycles. The van der Waals surface area contributed by atoms with Crippen LogP contribution in [0.2, 0.25) is 0 Å². The summed E-state index contributed by atoms with van der Waals surface area (Å²) in [5.41, 5.74) is 1.36. The lowest BCUT2D eigenvalue weighted by Gasteiger charge is -2.27. The van der Waals surface area contributed by atoms with Crippen molar-refractivity contribution in [2.24, 2.45) is 0 Å². The number of amides is 1. The second kappa shape index (κ2) is 7.83. The molecule has 1 fully saturated rings. The molecule has 0 spiro atoms. The molecule has 0 unspecified atom stereocenters. The first-order valence-electron chi connectivity index (χ1n) is 9.30. The molecule has 0 atom stereocenters. The number of nitrogens with zero attached hydrogens (tertiary/aromatic N) is 3. The van der Waals surface area contributed by atoms with Crippen molar-refractivity contribution >= 4 is 17.5 Å². The summed E-state index contributed by atoms with van der Waals surface area (Å²) in [6.45, 7) is 2.70. The number of imidazole rings is 1. The third-order valence-corrected chi connectivity index (χ3v) is 5.01. The fourth-order valence-electron chi connectivity index (χ4n) is 3.48. The van der Waals surface area contributed by atoms with Crippen LogP contribution in [0.25, 0.3) is 16.9 Å². The summed E-state index contributed by atoms with van der Waals surface area (Å²) in [4.78, 5) is 29.9. The number of halogens is 2. The summed E-state index contributed by atoms with van der Waals surface area (Å²) in [5.74, 6) is -2.93. The highest BCUT2D eigenvalue weighted by Crippen LogP contribution is 2.31. The molecule has 1 saturated heterocycles. The molecule has 1 aliphatic heterocycles. The van der Waals surface area contributed by atoms with Gasteiger partial charge in [-0.05, 0) is 36.8 Å². The van der Waals surface area contributed by atoms with Gasteiger partial charge in [-0.15, -0.1) is 0 Å². The molecule has 4 rings (SSSR count). The summed E-state index contributed by atoms with van der Waals surface area (Å²) in [5, 5.41) is 0. The summed E-state index contributed by atoms with van der Waals surface area (Å²) in [6.07, 6.45) is 1.75. The van der Waals surface area contributed by atoms with Gasteiger partial charge in [0.15, 0.2) is 0 Å². The quantitative estimate of drug-likeness (QED) is 0.613. The second-order valence-corrected chi connectivity index (χ2v) is 7.01. The number of ether oxygens (including phenoxy) is 2. The number of fused-ring (bicyclic) bond motifs is 1. The Kier molecular flexibility index (Phi) is 5.21. The van der Waals surface area contributed by atoms with E-state index in [0.29, 0.717) is 24.5 Å². The molecule has 7 nitrogen and oxygen atoms in total. The van der Waals surface area contributed by atoms with E-state index in [1.807, 2.05) is 13.0 Å². The molecular formula is C21H19F2N3O4. The first kappa shape index (κ1) is 20.0. The number of pyridine rings is 1. The summed E-state index contributed by atoms with van der Waals surface area (Å²) in [6, 6.07) is 5.47. The maximum Gasteiger partial charge on any atom is 0.338 e. The van der Waals surface area contributed by atoms with Gasteiger partial charge in [-0.3, -0.25) is 4.79 Å². The van der Waals surface area contributed by atoms with Crippen LogP contribution >= 0.6 is 0 Å². The number of carbonyl (C=O) groups is 2. The number of morpholine rings is 1. The van der Waals surface area contributed by atoms with Crippen LogP contribution in [0.3, 0.4) is 0 Å². The SMILES string of the molecule is COC(=O)c1cc(F)c(-c2nc3cc(C)ccn3c2CN2CCOCC2=O)c(F)c1. The van der Waals surface area contributed by atoms with E-state index in [1.165, 1.54) is 0 Å². The third-order valence-electron chi connectivity index (χ3n) is 5.01. The van der Waals surface area contributed by atoms with Crippen LogP contribution in [0.4, 0.5) is 8.78 Å². The highest BCUT2D eigenvalue weighted by atomic mass is 19.1. The Bertz CT molecular complexity index is 1140. The minimum absolute atomic E-state index is 0.0400. The van der Waals surface area contributed by atoms with Crippen molar-refractivity contribution in [3.63, 3.8) is 0 Å². The molecule has 0 N–H and O–H groups in total. The lowest BCUT2D eigenvalue weighted by molar-refractivity contribution is -0.143. The lowest BCUT2D eigenvalue weighted by atomic mass is 10.0. The summed E-state index contributed by atoms with van der Waals surface area (Å²) in [7, 11) is 1.13. The van der Waals surface area contributed by atoms with E-state index in [2.05, 4.69) is 9.72 Å². The molecule has 1 aliphatic rings. The average Bonchev–Trinajstić information content (AvgIpc) is 3.05. The van der Waals surface area contributed by atoms with Crippen molar-refractivity contribution in [3.05, 3.63) is 58.9 Å². The highest BCUT2D eigenvalue weighted by molar-refractivity contribution is 5.90. The normalized spacial score (nSPS) is 14.4. The van der Waals surface area contributed by atoms with Crippen molar-refractivity contribution in [2.45, 2.75) is 13.5 Å². The number of esters is 1. The molecule has 1 aromatic carbocycles. The van der Waals surface area contributed by atoms with E-state index in [4.69, 9.17) is 4.74 Å². The number of aromatic nitrogens is 2. The molecule has 0 aliphatic carbocycles. The largest absolute Gasteiger partial charge is 0.465 e. The fraction of sp³-hybridized carbons (Fsp3) is 0.286. The predicted molar refractivity (Wildman–Crippen MR) is 103 cm³/mol. The maximum absolute atomic E-state index is 14.9. The van der Waals surface area contributed by atoms with Crippen molar-refractivity contribution in [1.82, 2.24) is 14.3 Å². The molecule has 2 aromatic heterocycles. The van der Waals surface area contributed by atoms with E-state index in [9.17, 15) is 18.4 Å². The Balaban J connectivity index is 1.88. The zero-order valence-corrected chi connectivity index (χ0v) is 16.4. The van der Waals surface area contributed by atoms with Crippen LogP contribution in [-0.4, -0.2) is 53.0 Å². The van der Waals surface area contributed by atoms with Gasteiger partial charge >= 0.3 is 5.97 Å². The molecule has 156 valence electrons. The average molecular weight is 415 g/mol. The molecule has 0 radical (unpaired) electrons. The van der Waals surface area contributed by atoms with Gasteiger partial charge in [0, 0.05) is 12.7 Å². The minimum atomic E-state index is -0.940. The summed E-state index contributed by atoms with van der Waals surface area (Å²) >= 11 is 0. The number of hydrogen-bond donors (Lipinski definition) is 0. The molecule has 0 saturated carbocycles. The molecule has 30 heavy (non-hydrogen) atoms. The molecule has 1 amide bonds. The van der Waals surface area contributed by atoms with Crippen molar-refractivity contribution in [1.29, 1.82) is 0 Å². The van der Waals surface area contributed by atoms with Gasteiger partial charge in [0.25, 0.3) is 0 Å². The smallest absolute Gasteiger partial charge is 0.338 e. The Morgan fingerprint density at radius 3 is 2.67 bits per heavy atom. The molecule has 3 aromatic rings. The number of carbonyl (C=O) groups excluding carboxylic acids is 2.